The van der Waals surface area contributed by atoms with Gasteiger partial charge in [-0.05, 0) is 70.0 Å². The Morgan fingerprint density at radius 1 is 1.10 bits per heavy atom. The van der Waals surface area contributed by atoms with E-state index in [9.17, 15) is 22.8 Å². The second kappa shape index (κ2) is 13.3. The first kappa shape index (κ1) is 31.9. The summed E-state index contributed by atoms with van der Waals surface area (Å²) < 4.78 is 57.1. The van der Waals surface area contributed by atoms with Crippen LogP contribution < -0.4 is 15.6 Å². The van der Waals surface area contributed by atoms with Crippen LogP contribution >= 0.6 is 0 Å². The Hall–Kier alpha value is -3.64. The average molecular weight is 580 g/mol. The van der Waals surface area contributed by atoms with Gasteiger partial charge in [-0.25, -0.2) is 10.4 Å². The van der Waals surface area contributed by atoms with Gasteiger partial charge in [-0.2, -0.15) is 13.2 Å². The number of hydrogen-bond acceptors (Lipinski definition) is 8. The summed E-state index contributed by atoms with van der Waals surface area (Å²) in [7, 11) is 0. The van der Waals surface area contributed by atoms with Crippen LogP contribution in [0.2, 0.25) is 0 Å². The van der Waals surface area contributed by atoms with E-state index in [0.717, 1.165) is 6.07 Å². The fraction of sp³-hybridized carbons (Fsp3) is 0.483. The molecular weight excluding hydrogens is 543 g/mol. The predicted octanol–water partition coefficient (Wildman–Crippen LogP) is 4.31. The number of rotatable bonds is 12. The molecule has 224 valence electrons. The van der Waals surface area contributed by atoms with Crippen molar-refractivity contribution in [3.8, 4) is 5.75 Å². The quantitative estimate of drug-likeness (QED) is 0.195. The van der Waals surface area contributed by atoms with Crippen LogP contribution in [0.15, 0.2) is 53.5 Å². The number of nitrogens with one attached hydrogen (secondary N) is 2. The molecule has 3 rings (SSSR count). The first-order valence-electron chi connectivity index (χ1n) is 13.3. The van der Waals surface area contributed by atoms with E-state index in [4.69, 9.17) is 19.3 Å². The molecule has 12 heteroatoms. The molecule has 1 aliphatic rings. The van der Waals surface area contributed by atoms with E-state index in [2.05, 4.69) is 15.8 Å². The van der Waals surface area contributed by atoms with Crippen molar-refractivity contribution >= 4 is 17.8 Å². The summed E-state index contributed by atoms with van der Waals surface area (Å²) in [6.07, 6.45) is -5.10. The second-order valence-electron chi connectivity index (χ2n) is 10.6. The van der Waals surface area contributed by atoms with Crippen molar-refractivity contribution in [2.45, 2.75) is 76.9 Å². The number of aliphatic hydroxyl groups excluding tert-OH is 1. The number of hydrazine groups is 1. The van der Waals surface area contributed by atoms with E-state index in [0.29, 0.717) is 24.3 Å². The van der Waals surface area contributed by atoms with E-state index in [1.165, 1.54) is 18.2 Å². The third kappa shape index (κ3) is 8.67. The number of carbonyl (C=O) groups is 2. The fourth-order valence-electron chi connectivity index (χ4n) is 4.22. The van der Waals surface area contributed by atoms with Crippen molar-refractivity contribution in [2.24, 2.45) is 4.99 Å². The van der Waals surface area contributed by atoms with Crippen molar-refractivity contribution in [1.82, 2.24) is 10.9 Å². The molecule has 0 radical (unpaired) electrons. The van der Waals surface area contributed by atoms with E-state index in [1.807, 2.05) is 0 Å². The number of aliphatic imine (C=N–C) groups is 1. The number of hydrogen-bond donors (Lipinski definition) is 3. The Kier molecular flexibility index (Phi) is 10.4. The number of alkyl halides is 3. The normalized spacial score (nSPS) is 18.8. The molecule has 1 amide bonds. The molecule has 3 N–H and O–H groups in total. The maximum Gasteiger partial charge on any atom is 0.416 e. The van der Waals surface area contributed by atoms with Gasteiger partial charge < -0.3 is 19.3 Å². The number of esters is 1. The van der Waals surface area contributed by atoms with Gasteiger partial charge in [0.1, 0.15) is 17.5 Å². The average Bonchev–Trinajstić information content (AvgIpc) is 3.24. The molecule has 9 nitrogen and oxygen atoms in total. The Morgan fingerprint density at radius 2 is 1.78 bits per heavy atom. The first-order valence-corrected chi connectivity index (χ1v) is 13.3. The summed E-state index contributed by atoms with van der Waals surface area (Å²) in [5, 5.41) is 8.92. The van der Waals surface area contributed by atoms with Gasteiger partial charge in [0, 0.05) is 31.6 Å². The molecule has 0 saturated carbocycles. The van der Waals surface area contributed by atoms with Crippen LogP contribution in [0.4, 0.5) is 13.2 Å². The second-order valence-corrected chi connectivity index (χ2v) is 10.6. The number of benzene rings is 2. The van der Waals surface area contributed by atoms with E-state index < -0.39 is 40.9 Å². The molecule has 0 bridgehead atoms. The molecule has 0 aliphatic carbocycles. The molecule has 41 heavy (non-hydrogen) atoms. The Balaban J connectivity index is 1.81. The molecular formula is C29H36F3N3O6. The zero-order valence-electron chi connectivity index (χ0n) is 23.5. The van der Waals surface area contributed by atoms with Crippen LogP contribution in [0.3, 0.4) is 0 Å². The molecule has 0 fully saturated rings. The van der Waals surface area contributed by atoms with Crippen LogP contribution in [0, 0.1) is 0 Å². The van der Waals surface area contributed by atoms with Gasteiger partial charge in [0.25, 0.3) is 5.91 Å². The van der Waals surface area contributed by atoms with E-state index in [-0.39, 0.29) is 37.5 Å². The van der Waals surface area contributed by atoms with Crippen molar-refractivity contribution in [2.75, 3.05) is 13.2 Å². The van der Waals surface area contributed by atoms with Crippen molar-refractivity contribution in [1.29, 1.82) is 0 Å². The number of amides is 1. The minimum atomic E-state index is -4.55. The summed E-state index contributed by atoms with van der Waals surface area (Å²) in [6, 6.07) is 11.8. The molecule has 1 heterocycles. The molecule has 0 aromatic heterocycles. The first-order chi connectivity index (χ1) is 19.2. The summed E-state index contributed by atoms with van der Waals surface area (Å²) >= 11 is 0. The third-order valence-electron chi connectivity index (χ3n) is 6.26. The topological polar surface area (TPSA) is 118 Å². The largest absolute Gasteiger partial charge is 0.494 e. The number of aliphatic hydroxyl groups is 1. The molecule has 0 saturated heterocycles. The molecule has 2 aromatic rings. The Labute approximate surface area is 237 Å². The summed E-state index contributed by atoms with van der Waals surface area (Å²) in [4.78, 5) is 30.7. The smallest absolute Gasteiger partial charge is 0.416 e. The van der Waals surface area contributed by atoms with Crippen molar-refractivity contribution in [3.05, 3.63) is 65.2 Å². The number of halogens is 3. The van der Waals surface area contributed by atoms with Crippen LogP contribution in [0.25, 0.3) is 0 Å². The maximum absolute atomic E-state index is 13.5. The Morgan fingerprint density at radius 3 is 2.41 bits per heavy atom. The van der Waals surface area contributed by atoms with Gasteiger partial charge in [-0.1, -0.05) is 18.2 Å². The van der Waals surface area contributed by atoms with Gasteiger partial charge in [-0.3, -0.25) is 15.0 Å². The third-order valence-corrected chi connectivity index (χ3v) is 6.26. The van der Waals surface area contributed by atoms with E-state index >= 15 is 0 Å². The molecule has 2 aromatic carbocycles. The highest BCUT2D eigenvalue weighted by atomic mass is 19.4. The van der Waals surface area contributed by atoms with Gasteiger partial charge in [-0.15, -0.1) is 0 Å². The summed E-state index contributed by atoms with van der Waals surface area (Å²) in [5.41, 5.74) is 2.44. The summed E-state index contributed by atoms with van der Waals surface area (Å²) in [6.45, 7) is 6.88. The van der Waals surface area contributed by atoms with Gasteiger partial charge in [0.2, 0.25) is 5.90 Å². The van der Waals surface area contributed by atoms with Gasteiger partial charge >= 0.3 is 12.1 Å². The highest BCUT2D eigenvalue weighted by Crippen LogP contribution is 2.34. The zero-order chi connectivity index (χ0) is 30.3. The van der Waals surface area contributed by atoms with Crippen LogP contribution in [-0.2, 0) is 31.8 Å². The minimum Gasteiger partial charge on any atom is -0.494 e. The predicted molar refractivity (Wildman–Crippen MR) is 145 cm³/mol. The van der Waals surface area contributed by atoms with Crippen LogP contribution in [0.5, 0.6) is 5.75 Å². The van der Waals surface area contributed by atoms with Crippen molar-refractivity contribution in [3.63, 3.8) is 0 Å². The molecule has 2 atom stereocenters. The van der Waals surface area contributed by atoms with Crippen molar-refractivity contribution < 1.29 is 42.1 Å². The molecule has 1 aliphatic heterocycles. The lowest BCUT2D eigenvalue weighted by atomic mass is 9.88. The standard InChI is InChI=1S/C29H36F3N3O6/c1-19-28(15-14-24(37)41-27(2,3)4,26(38)35-33-18-21-8-5-6-9-23(21)29(30,31)32)34-25(40-19)20-10-12-22(13-11-20)39-17-7-16-36/h5-6,8-13,19,33,36H,7,14-18H2,1-4H3,(H,35,38)/t19-,28-/m0/s1. The maximum atomic E-state index is 13.5. The number of ether oxygens (including phenoxy) is 3. The highest BCUT2D eigenvalue weighted by molar-refractivity contribution is 6.00. The molecule has 0 spiro atoms. The minimum absolute atomic E-state index is 0.0117. The Bertz CT molecular complexity index is 1230. The monoisotopic (exact) mass is 579 g/mol. The zero-order valence-corrected chi connectivity index (χ0v) is 23.5. The van der Waals surface area contributed by atoms with Crippen LogP contribution in [0.1, 0.15) is 63.6 Å². The number of carbonyl (C=O) groups excluding carboxylic acids is 2. The lowest BCUT2D eigenvalue weighted by Gasteiger charge is -2.28. The molecule has 0 unspecified atom stereocenters. The van der Waals surface area contributed by atoms with Gasteiger partial charge in [0.15, 0.2) is 5.54 Å². The van der Waals surface area contributed by atoms with E-state index in [1.54, 1.807) is 52.0 Å². The highest BCUT2D eigenvalue weighted by Gasteiger charge is 2.50. The van der Waals surface area contributed by atoms with Gasteiger partial charge in [0.05, 0.1) is 12.2 Å². The number of nitrogens with zero attached hydrogens (tertiary/aromatic N) is 1. The summed E-state index contributed by atoms with van der Waals surface area (Å²) in [5.74, 6) is -0.457. The SMILES string of the molecule is C[C@@H]1OC(c2ccc(OCCCO)cc2)=N[C@]1(CCC(=O)OC(C)(C)C)C(=O)NNCc1ccccc1C(F)(F)F. The lowest BCUT2D eigenvalue weighted by Crippen LogP contribution is -2.54. The van der Waals surface area contributed by atoms with Crippen LogP contribution in [-0.4, -0.2) is 53.3 Å². The fourth-order valence-corrected chi connectivity index (χ4v) is 4.22. The lowest BCUT2D eigenvalue weighted by molar-refractivity contribution is -0.155.